The predicted octanol–water partition coefficient (Wildman–Crippen LogP) is 4.20. The molecule has 1 atom stereocenters. The van der Waals surface area contributed by atoms with Gasteiger partial charge in [0.2, 0.25) is 0 Å². The first-order chi connectivity index (χ1) is 14.5. The van der Waals surface area contributed by atoms with E-state index in [1.54, 1.807) is 12.1 Å². The largest absolute Gasteiger partial charge is 0.355 e. The second-order valence-corrected chi connectivity index (χ2v) is 10.1. The van der Waals surface area contributed by atoms with Crippen LogP contribution in [0.2, 0.25) is 0 Å². The molecule has 1 amide bonds. The molecule has 2 heterocycles. The van der Waals surface area contributed by atoms with Crippen LogP contribution in [-0.4, -0.2) is 22.5 Å². The number of carbonyl (C=O) groups excluding carboxylic acids is 1. The third-order valence-corrected chi connectivity index (χ3v) is 7.77. The summed E-state index contributed by atoms with van der Waals surface area (Å²) >= 11 is 0. The summed E-state index contributed by atoms with van der Waals surface area (Å²) in [6.07, 6.45) is 14.5. The summed E-state index contributed by atoms with van der Waals surface area (Å²) in [6.45, 7) is 1.88. The zero-order valence-corrected chi connectivity index (χ0v) is 17.3. The monoisotopic (exact) mass is 405 g/mol. The van der Waals surface area contributed by atoms with Gasteiger partial charge in [-0.25, -0.2) is 4.39 Å². The highest BCUT2D eigenvalue weighted by atomic mass is 19.1. The first kappa shape index (κ1) is 18.2. The van der Waals surface area contributed by atoms with Gasteiger partial charge in [0.15, 0.2) is 6.17 Å². The second kappa shape index (κ2) is 6.47. The molecule has 5 heteroatoms. The summed E-state index contributed by atoms with van der Waals surface area (Å²) in [5, 5.41) is 6.82. The topological polar surface area (TPSA) is 44.4 Å². The van der Waals surface area contributed by atoms with E-state index < -0.39 is 6.17 Å². The van der Waals surface area contributed by atoms with Crippen molar-refractivity contribution in [2.45, 2.75) is 57.2 Å². The fourth-order valence-electron chi connectivity index (χ4n) is 7.00. The zero-order valence-electron chi connectivity index (χ0n) is 17.3. The minimum Gasteiger partial charge on any atom is -0.355 e. The maximum Gasteiger partial charge on any atom is 0.264 e. The Bertz CT molecular complexity index is 972. The van der Waals surface area contributed by atoms with Crippen LogP contribution in [0, 0.1) is 30.5 Å². The van der Waals surface area contributed by atoms with Crippen molar-refractivity contribution in [1.82, 2.24) is 15.5 Å². The van der Waals surface area contributed by atoms with E-state index in [4.69, 9.17) is 0 Å². The fourth-order valence-corrected chi connectivity index (χ4v) is 7.00. The van der Waals surface area contributed by atoms with Crippen molar-refractivity contribution < 1.29 is 9.18 Å². The number of aryl methyl sites for hydroxylation is 1. The number of rotatable bonds is 3. The highest BCUT2D eigenvalue weighted by Crippen LogP contribution is 2.55. The van der Waals surface area contributed by atoms with Gasteiger partial charge in [-0.1, -0.05) is 12.1 Å². The number of hydrogen-bond donors (Lipinski definition) is 2. The molecule has 1 aromatic carbocycles. The molecule has 4 fully saturated rings. The van der Waals surface area contributed by atoms with Gasteiger partial charge in [0, 0.05) is 17.3 Å². The Morgan fingerprint density at radius 3 is 2.50 bits per heavy atom. The Morgan fingerprint density at radius 1 is 1.13 bits per heavy atom. The van der Waals surface area contributed by atoms with Crippen LogP contribution in [0.15, 0.2) is 48.3 Å². The Hall–Kier alpha value is -2.56. The third-order valence-electron chi connectivity index (χ3n) is 7.77. The zero-order chi connectivity index (χ0) is 20.5. The van der Waals surface area contributed by atoms with Gasteiger partial charge >= 0.3 is 0 Å². The van der Waals surface area contributed by atoms with Gasteiger partial charge in [-0.2, -0.15) is 0 Å². The number of carbonyl (C=O) groups is 1. The average molecular weight is 406 g/mol. The van der Waals surface area contributed by atoms with Crippen LogP contribution in [0.3, 0.4) is 0 Å². The van der Waals surface area contributed by atoms with E-state index in [2.05, 4.69) is 10.6 Å². The van der Waals surface area contributed by atoms with Gasteiger partial charge in [-0.3, -0.25) is 4.79 Å². The van der Waals surface area contributed by atoms with Crippen LogP contribution in [-0.2, 0) is 4.79 Å². The molecule has 1 aromatic rings. The molecule has 0 saturated heterocycles. The molecule has 4 bridgehead atoms. The normalized spacial score (nSPS) is 35.6. The van der Waals surface area contributed by atoms with Gasteiger partial charge in [-0.05, 0) is 93.1 Å². The van der Waals surface area contributed by atoms with Crippen molar-refractivity contribution in [3.8, 4) is 0 Å². The number of allylic oxidation sites excluding steroid dienone is 3. The Kier molecular flexibility index (Phi) is 3.93. The van der Waals surface area contributed by atoms with Gasteiger partial charge in [0.25, 0.3) is 5.91 Å². The van der Waals surface area contributed by atoms with Gasteiger partial charge in [0.1, 0.15) is 5.82 Å². The van der Waals surface area contributed by atoms with Crippen molar-refractivity contribution >= 4 is 11.6 Å². The van der Waals surface area contributed by atoms with E-state index in [1.165, 1.54) is 19.3 Å². The molecular formula is C25H28FN3O. The number of amides is 1. The molecule has 2 N–H and O–H groups in total. The summed E-state index contributed by atoms with van der Waals surface area (Å²) in [5.74, 6) is 2.05. The lowest BCUT2D eigenvalue weighted by Crippen LogP contribution is -2.63. The SMILES string of the molecule is Cc1ccc(C2=C3C=CC=CN3C(C(=O)NC34CC5CC(CC(C5)C3)C4)N2)c(F)c1. The average Bonchev–Trinajstić information content (AvgIpc) is 3.06. The Morgan fingerprint density at radius 2 is 1.83 bits per heavy atom. The molecule has 1 unspecified atom stereocenters. The minimum absolute atomic E-state index is 0.00285. The standard InChI is InChI=1S/C25H28FN3O/c1-15-5-6-19(20(26)8-15)22-21-4-2-3-7-29(21)23(27-22)24(30)28-25-12-16-9-17(13-25)11-18(10-16)14-25/h2-8,16-18,23,27H,9-14H2,1H3,(H,28,30). The highest BCUT2D eigenvalue weighted by Gasteiger charge is 2.52. The van der Waals surface area contributed by atoms with Crippen LogP contribution >= 0.6 is 0 Å². The number of hydrogen-bond acceptors (Lipinski definition) is 3. The Labute approximate surface area is 176 Å². The molecule has 0 spiro atoms. The quantitative estimate of drug-likeness (QED) is 0.792. The third kappa shape index (κ3) is 2.82. The summed E-state index contributed by atoms with van der Waals surface area (Å²) in [7, 11) is 0. The molecule has 4 aliphatic carbocycles. The number of halogens is 1. The molecular weight excluding hydrogens is 377 g/mol. The first-order valence-corrected chi connectivity index (χ1v) is 11.2. The lowest BCUT2D eigenvalue weighted by atomic mass is 9.53. The van der Waals surface area contributed by atoms with Gasteiger partial charge in [0.05, 0.1) is 11.4 Å². The first-order valence-electron chi connectivity index (χ1n) is 11.2. The van der Waals surface area contributed by atoms with Crippen LogP contribution in [0.25, 0.3) is 5.70 Å². The van der Waals surface area contributed by atoms with Crippen molar-refractivity contribution in [2.24, 2.45) is 17.8 Å². The van der Waals surface area contributed by atoms with Crippen molar-refractivity contribution in [3.63, 3.8) is 0 Å². The van der Waals surface area contributed by atoms with Crippen LogP contribution < -0.4 is 10.6 Å². The predicted molar refractivity (Wildman–Crippen MR) is 114 cm³/mol. The van der Waals surface area contributed by atoms with Gasteiger partial charge in [-0.15, -0.1) is 0 Å². The van der Waals surface area contributed by atoms with E-state index in [1.807, 2.05) is 42.3 Å². The molecule has 0 radical (unpaired) electrons. The summed E-state index contributed by atoms with van der Waals surface area (Å²) in [6, 6.07) is 5.24. The second-order valence-electron chi connectivity index (χ2n) is 10.1. The lowest BCUT2D eigenvalue weighted by molar-refractivity contribution is -0.131. The summed E-state index contributed by atoms with van der Waals surface area (Å²) in [5.41, 5.74) is 2.86. The van der Waals surface area contributed by atoms with E-state index in [9.17, 15) is 9.18 Å². The molecule has 2 aliphatic heterocycles. The maximum atomic E-state index is 14.7. The molecule has 6 aliphatic rings. The Balaban J connectivity index is 1.28. The van der Waals surface area contributed by atoms with Crippen molar-refractivity contribution in [2.75, 3.05) is 0 Å². The van der Waals surface area contributed by atoms with Crippen LogP contribution in [0.1, 0.15) is 49.7 Å². The van der Waals surface area contributed by atoms with Gasteiger partial charge < -0.3 is 15.5 Å². The van der Waals surface area contributed by atoms with E-state index in [0.717, 1.165) is 48.3 Å². The number of nitrogens with one attached hydrogen (secondary N) is 2. The van der Waals surface area contributed by atoms with E-state index in [0.29, 0.717) is 11.3 Å². The molecule has 4 saturated carbocycles. The van der Waals surface area contributed by atoms with Crippen LogP contribution in [0.4, 0.5) is 4.39 Å². The van der Waals surface area contributed by atoms with Crippen molar-refractivity contribution in [1.29, 1.82) is 0 Å². The summed E-state index contributed by atoms with van der Waals surface area (Å²) in [4.78, 5) is 15.4. The number of fused-ring (bicyclic) bond motifs is 1. The number of benzene rings is 1. The molecule has 0 aromatic heterocycles. The smallest absolute Gasteiger partial charge is 0.264 e. The minimum atomic E-state index is -0.551. The van der Waals surface area contributed by atoms with Crippen LogP contribution in [0.5, 0.6) is 0 Å². The van der Waals surface area contributed by atoms with E-state index >= 15 is 0 Å². The molecule has 7 rings (SSSR count). The highest BCUT2D eigenvalue weighted by molar-refractivity contribution is 5.88. The lowest BCUT2D eigenvalue weighted by Gasteiger charge is -2.57. The van der Waals surface area contributed by atoms with Crippen molar-refractivity contribution in [3.05, 3.63) is 65.3 Å². The summed E-state index contributed by atoms with van der Waals surface area (Å²) < 4.78 is 14.7. The fraction of sp³-hybridized carbons (Fsp3) is 0.480. The molecule has 156 valence electrons. The molecule has 30 heavy (non-hydrogen) atoms. The maximum absolute atomic E-state index is 14.7. The van der Waals surface area contributed by atoms with E-state index in [-0.39, 0.29) is 17.3 Å². The molecule has 4 nitrogen and oxygen atoms in total. The number of nitrogens with zero attached hydrogens (tertiary/aromatic N) is 1.